The van der Waals surface area contributed by atoms with Crippen molar-refractivity contribution < 1.29 is 14.5 Å². The number of hydrogen-bond donors (Lipinski definition) is 3. The van der Waals surface area contributed by atoms with Crippen LogP contribution < -0.4 is 16.2 Å². The van der Waals surface area contributed by atoms with E-state index >= 15 is 0 Å². The van der Waals surface area contributed by atoms with Crippen LogP contribution in [0.3, 0.4) is 0 Å². The lowest BCUT2D eigenvalue weighted by molar-refractivity contribution is -0.384. The number of tetrazole rings is 1. The molecule has 12 nitrogen and oxygen atoms in total. The van der Waals surface area contributed by atoms with Crippen LogP contribution in [-0.2, 0) is 6.54 Å². The van der Waals surface area contributed by atoms with Gasteiger partial charge in [0, 0.05) is 36.0 Å². The highest BCUT2D eigenvalue weighted by atomic mass is 16.6. The topological polar surface area (TPSA) is 157 Å². The molecule has 0 saturated carbocycles. The number of rotatable bonds is 7. The normalized spacial score (nSPS) is 10.4. The Kier molecular flexibility index (Phi) is 6.72. The van der Waals surface area contributed by atoms with E-state index in [0.29, 0.717) is 23.6 Å². The third-order valence-electron chi connectivity index (χ3n) is 5.04. The van der Waals surface area contributed by atoms with Crippen molar-refractivity contribution in [3.63, 3.8) is 0 Å². The number of nitro benzene ring substituents is 1. The number of hydrazine groups is 1. The Balaban J connectivity index is 1.37. The van der Waals surface area contributed by atoms with E-state index in [1.165, 1.54) is 16.9 Å². The van der Waals surface area contributed by atoms with Crippen LogP contribution in [0.25, 0.3) is 11.4 Å². The number of non-ortho nitro benzene ring substituents is 1. The van der Waals surface area contributed by atoms with E-state index in [1.807, 2.05) is 30.3 Å². The zero-order valence-corrected chi connectivity index (χ0v) is 18.5. The average molecular weight is 472 g/mol. The van der Waals surface area contributed by atoms with Crippen LogP contribution in [0.15, 0.2) is 72.8 Å². The van der Waals surface area contributed by atoms with Crippen molar-refractivity contribution in [1.29, 1.82) is 0 Å². The Morgan fingerprint density at radius 2 is 1.69 bits per heavy atom. The molecule has 2 amide bonds. The molecule has 1 heterocycles. The van der Waals surface area contributed by atoms with E-state index in [0.717, 1.165) is 17.2 Å². The molecule has 3 aromatic carbocycles. The van der Waals surface area contributed by atoms with Crippen molar-refractivity contribution in [1.82, 2.24) is 31.1 Å². The molecule has 0 radical (unpaired) electrons. The van der Waals surface area contributed by atoms with E-state index in [-0.39, 0.29) is 11.3 Å². The summed E-state index contributed by atoms with van der Waals surface area (Å²) in [4.78, 5) is 36.8. The molecule has 0 unspecified atom stereocenters. The highest BCUT2D eigenvalue weighted by molar-refractivity contribution is 6.02. The van der Waals surface area contributed by atoms with Crippen molar-refractivity contribution in [3.05, 3.63) is 99.6 Å². The summed E-state index contributed by atoms with van der Waals surface area (Å²) in [6, 6.07) is 20.0. The standard InChI is InChI=1S/C23H20N8O4/c1-24-20-12-11-18(31(34)35)13-19(20)23(33)27-26-22(32)17-9-7-15(8-10-17)14-30-28-21(25-29-30)16-5-3-2-4-6-16/h2-13,24H,14H2,1H3,(H,26,32)(H,27,33). The Morgan fingerprint density at radius 1 is 0.971 bits per heavy atom. The lowest BCUT2D eigenvalue weighted by Crippen LogP contribution is -2.41. The number of nitrogens with one attached hydrogen (secondary N) is 3. The van der Waals surface area contributed by atoms with Crippen molar-refractivity contribution in [3.8, 4) is 11.4 Å². The van der Waals surface area contributed by atoms with Gasteiger partial charge in [-0.25, -0.2) is 0 Å². The summed E-state index contributed by atoms with van der Waals surface area (Å²) in [6.07, 6.45) is 0. The quantitative estimate of drug-likeness (QED) is 0.273. The van der Waals surface area contributed by atoms with Gasteiger partial charge in [0.1, 0.15) is 0 Å². The van der Waals surface area contributed by atoms with Crippen LogP contribution >= 0.6 is 0 Å². The number of anilines is 1. The first kappa shape index (κ1) is 23.0. The van der Waals surface area contributed by atoms with E-state index in [9.17, 15) is 19.7 Å². The van der Waals surface area contributed by atoms with E-state index in [4.69, 9.17) is 0 Å². The fourth-order valence-corrected chi connectivity index (χ4v) is 3.24. The average Bonchev–Trinajstić information content (AvgIpc) is 3.36. The van der Waals surface area contributed by atoms with Gasteiger partial charge in [-0.3, -0.25) is 30.6 Å². The fourth-order valence-electron chi connectivity index (χ4n) is 3.24. The van der Waals surface area contributed by atoms with Crippen molar-refractivity contribution in [2.24, 2.45) is 0 Å². The summed E-state index contributed by atoms with van der Waals surface area (Å²) in [7, 11) is 1.58. The van der Waals surface area contributed by atoms with Crippen molar-refractivity contribution in [2.75, 3.05) is 12.4 Å². The van der Waals surface area contributed by atoms with Gasteiger partial charge in [-0.1, -0.05) is 42.5 Å². The minimum atomic E-state index is -0.700. The maximum absolute atomic E-state index is 12.5. The number of carbonyl (C=O) groups excluding carboxylic acids is 2. The van der Waals surface area contributed by atoms with Gasteiger partial charge < -0.3 is 5.32 Å². The highest BCUT2D eigenvalue weighted by Crippen LogP contribution is 2.21. The monoisotopic (exact) mass is 472 g/mol. The van der Waals surface area contributed by atoms with Crippen LogP contribution in [0.4, 0.5) is 11.4 Å². The van der Waals surface area contributed by atoms with Gasteiger partial charge in [0.25, 0.3) is 17.5 Å². The largest absolute Gasteiger partial charge is 0.387 e. The minimum Gasteiger partial charge on any atom is -0.387 e. The fraction of sp³-hybridized carbons (Fsp3) is 0.0870. The predicted octanol–water partition coefficient (Wildman–Crippen LogP) is 2.41. The summed E-state index contributed by atoms with van der Waals surface area (Å²) in [6.45, 7) is 0.359. The molecule has 3 N–H and O–H groups in total. The molecule has 0 atom stereocenters. The van der Waals surface area contributed by atoms with E-state index < -0.39 is 16.7 Å². The van der Waals surface area contributed by atoms with Gasteiger partial charge in [-0.15, -0.1) is 10.2 Å². The first-order valence-corrected chi connectivity index (χ1v) is 10.4. The summed E-state index contributed by atoms with van der Waals surface area (Å²) >= 11 is 0. The number of carbonyl (C=O) groups is 2. The second-order valence-electron chi connectivity index (χ2n) is 7.35. The molecule has 12 heteroatoms. The smallest absolute Gasteiger partial charge is 0.272 e. The van der Waals surface area contributed by atoms with Gasteiger partial charge in [-0.2, -0.15) is 4.80 Å². The molecule has 35 heavy (non-hydrogen) atoms. The maximum atomic E-state index is 12.5. The Bertz CT molecular complexity index is 1370. The summed E-state index contributed by atoms with van der Waals surface area (Å²) in [5.74, 6) is -0.733. The summed E-state index contributed by atoms with van der Waals surface area (Å²) in [5.41, 5.74) is 6.76. The zero-order valence-electron chi connectivity index (χ0n) is 18.5. The van der Waals surface area contributed by atoms with Crippen LogP contribution in [0.2, 0.25) is 0 Å². The molecule has 0 aliphatic heterocycles. The number of benzene rings is 3. The van der Waals surface area contributed by atoms with E-state index in [2.05, 4.69) is 31.6 Å². The van der Waals surface area contributed by atoms with Gasteiger partial charge in [-0.05, 0) is 29.0 Å². The van der Waals surface area contributed by atoms with Gasteiger partial charge >= 0.3 is 0 Å². The maximum Gasteiger partial charge on any atom is 0.272 e. The molecule has 4 rings (SSSR count). The zero-order chi connectivity index (χ0) is 24.8. The number of hydrogen-bond acceptors (Lipinski definition) is 8. The molecule has 1 aromatic heterocycles. The molecule has 0 saturated heterocycles. The molecule has 0 bridgehead atoms. The number of aromatic nitrogens is 4. The van der Waals surface area contributed by atoms with Crippen molar-refractivity contribution >= 4 is 23.2 Å². The van der Waals surface area contributed by atoms with Crippen LogP contribution in [0.1, 0.15) is 26.3 Å². The first-order chi connectivity index (χ1) is 16.9. The Morgan fingerprint density at radius 3 is 2.37 bits per heavy atom. The lowest BCUT2D eigenvalue weighted by Gasteiger charge is -2.11. The van der Waals surface area contributed by atoms with Gasteiger partial charge in [0.05, 0.1) is 17.0 Å². The highest BCUT2D eigenvalue weighted by Gasteiger charge is 2.17. The van der Waals surface area contributed by atoms with Gasteiger partial charge in [0.15, 0.2) is 0 Å². The number of amides is 2. The lowest BCUT2D eigenvalue weighted by atomic mass is 10.1. The second kappa shape index (κ2) is 10.2. The molecule has 0 spiro atoms. The number of nitro groups is 1. The second-order valence-corrected chi connectivity index (χ2v) is 7.35. The third kappa shape index (κ3) is 5.45. The molecule has 4 aromatic rings. The molecular formula is C23H20N8O4. The molecule has 0 aliphatic carbocycles. The summed E-state index contributed by atoms with van der Waals surface area (Å²) < 4.78 is 0. The van der Waals surface area contributed by atoms with Crippen LogP contribution in [0, 0.1) is 10.1 Å². The minimum absolute atomic E-state index is 0.0209. The third-order valence-corrected chi connectivity index (χ3v) is 5.04. The number of nitrogens with zero attached hydrogens (tertiary/aromatic N) is 5. The molecular weight excluding hydrogens is 452 g/mol. The molecule has 0 fully saturated rings. The Hall–Kier alpha value is -5.13. The SMILES string of the molecule is CNc1ccc([N+](=O)[O-])cc1C(=O)NNC(=O)c1ccc(Cn2nnc(-c3ccccc3)n2)cc1. The van der Waals surface area contributed by atoms with Crippen LogP contribution in [-0.4, -0.2) is 44.0 Å². The molecule has 0 aliphatic rings. The Labute approximate surface area is 199 Å². The molecule has 176 valence electrons. The van der Waals surface area contributed by atoms with E-state index in [1.54, 1.807) is 31.3 Å². The predicted molar refractivity (Wildman–Crippen MR) is 126 cm³/mol. The first-order valence-electron chi connectivity index (χ1n) is 10.4. The van der Waals surface area contributed by atoms with Crippen molar-refractivity contribution in [2.45, 2.75) is 6.54 Å². The van der Waals surface area contributed by atoms with Crippen LogP contribution in [0.5, 0.6) is 0 Å². The van der Waals surface area contributed by atoms with Gasteiger partial charge in [0.2, 0.25) is 5.82 Å². The summed E-state index contributed by atoms with van der Waals surface area (Å²) in [5, 5.41) is 26.3.